The van der Waals surface area contributed by atoms with Crippen molar-refractivity contribution >= 4 is 17.0 Å². The Bertz CT molecular complexity index is 599. The Labute approximate surface area is 113 Å². The first-order valence-corrected chi connectivity index (χ1v) is 6.84. The van der Waals surface area contributed by atoms with Crippen LogP contribution in [-0.4, -0.2) is 41.7 Å². The standard InChI is InChI=1S/C14H21N5/c1-18(2)9-8-16-14-13(15)12-7-6-10-4-3-5-11(10)19(12)17-14/h6-7H,3-5,8-9,15H2,1-2H3,(H,16,17). The molecule has 2 heterocycles. The first-order valence-electron chi connectivity index (χ1n) is 6.84. The van der Waals surface area contributed by atoms with Crippen LogP contribution in [0.15, 0.2) is 12.1 Å². The highest BCUT2D eigenvalue weighted by atomic mass is 15.3. The summed E-state index contributed by atoms with van der Waals surface area (Å²) in [5.74, 6) is 0.808. The molecule has 0 saturated heterocycles. The molecule has 0 atom stereocenters. The summed E-state index contributed by atoms with van der Waals surface area (Å²) in [5, 5.41) is 7.97. The molecule has 1 aliphatic rings. The second-order valence-corrected chi connectivity index (χ2v) is 5.45. The third-order valence-corrected chi connectivity index (χ3v) is 3.74. The fraction of sp³-hybridized carbons (Fsp3) is 0.500. The van der Waals surface area contributed by atoms with Crippen LogP contribution in [0.3, 0.4) is 0 Å². The Kier molecular flexibility index (Phi) is 3.06. The van der Waals surface area contributed by atoms with Gasteiger partial charge in [-0.1, -0.05) is 6.07 Å². The average Bonchev–Trinajstić information content (AvgIpc) is 2.94. The van der Waals surface area contributed by atoms with E-state index in [1.54, 1.807) is 0 Å². The number of nitrogens with two attached hydrogens (primary N) is 1. The normalized spacial score (nSPS) is 14.3. The first kappa shape index (κ1) is 12.3. The second-order valence-electron chi connectivity index (χ2n) is 5.45. The summed E-state index contributed by atoms with van der Waals surface area (Å²) in [6.45, 7) is 1.81. The number of aryl methyl sites for hydroxylation is 2. The molecule has 102 valence electrons. The van der Waals surface area contributed by atoms with E-state index in [9.17, 15) is 0 Å². The van der Waals surface area contributed by atoms with Gasteiger partial charge in [0.1, 0.15) is 5.69 Å². The summed E-state index contributed by atoms with van der Waals surface area (Å²) in [6.07, 6.45) is 3.48. The maximum absolute atomic E-state index is 6.19. The van der Waals surface area contributed by atoms with Gasteiger partial charge in [0.15, 0.2) is 5.82 Å². The van der Waals surface area contributed by atoms with E-state index in [2.05, 4.69) is 41.5 Å². The van der Waals surface area contributed by atoms with Gasteiger partial charge in [-0.05, 0) is 45.0 Å². The Morgan fingerprint density at radius 2 is 2.21 bits per heavy atom. The van der Waals surface area contributed by atoms with Gasteiger partial charge < -0.3 is 16.0 Å². The monoisotopic (exact) mass is 259 g/mol. The molecule has 0 bridgehead atoms. The zero-order valence-electron chi connectivity index (χ0n) is 11.6. The van der Waals surface area contributed by atoms with Gasteiger partial charge in [0.25, 0.3) is 0 Å². The van der Waals surface area contributed by atoms with Crippen molar-refractivity contribution in [1.29, 1.82) is 0 Å². The highest BCUT2D eigenvalue weighted by Gasteiger charge is 2.18. The highest BCUT2D eigenvalue weighted by Crippen LogP contribution is 2.29. The number of hydrogen-bond donors (Lipinski definition) is 2. The molecule has 1 aliphatic carbocycles. The Morgan fingerprint density at radius 3 is 3.00 bits per heavy atom. The van der Waals surface area contributed by atoms with Crippen molar-refractivity contribution < 1.29 is 0 Å². The zero-order chi connectivity index (χ0) is 13.4. The quantitative estimate of drug-likeness (QED) is 0.871. The smallest absolute Gasteiger partial charge is 0.172 e. The summed E-state index contributed by atoms with van der Waals surface area (Å²) in [4.78, 5) is 2.14. The summed E-state index contributed by atoms with van der Waals surface area (Å²) < 4.78 is 2.02. The molecular weight excluding hydrogens is 238 g/mol. The number of fused-ring (bicyclic) bond motifs is 3. The molecule has 0 unspecified atom stereocenters. The summed E-state index contributed by atoms with van der Waals surface area (Å²) >= 11 is 0. The maximum atomic E-state index is 6.19. The molecule has 0 radical (unpaired) electrons. The first-order chi connectivity index (χ1) is 9.16. The minimum atomic E-state index is 0.758. The molecule has 0 aliphatic heterocycles. The zero-order valence-corrected chi connectivity index (χ0v) is 11.6. The Morgan fingerprint density at radius 1 is 1.37 bits per heavy atom. The minimum absolute atomic E-state index is 0.758. The predicted octanol–water partition coefficient (Wildman–Crippen LogP) is 1.38. The van der Waals surface area contributed by atoms with E-state index in [0.717, 1.165) is 43.0 Å². The fourth-order valence-corrected chi connectivity index (χ4v) is 2.69. The van der Waals surface area contributed by atoms with Crippen molar-refractivity contribution in [3.63, 3.8) is 0 Å². The number of nitrogen functional groups attached to an aromatic ring is 1. The average molecular weight is 259 g/mol. The van der Waals surface area contributed by atoms with Crippen molar-refractivity contribution in [2.24, 2.45) is 0 Å². The van der Waals surface area contributed by atoms with Crippen LogP contribution in [-0.2, 0) is 12.8 Å². The molecule has 0 fully saturated rings. The number of likely N-dealkylation sites (N-methyl/N-ethyl adjacent to an activating group) is 1. The molecule has 5 nitrogen and oxygen atoms in total. The molecule has 3 N–H and O–H groups in total. The van der Waals surface area contributed by atoms with E-state index in [4.69, 9.17) is 5.73 Å². The van der Waals surface area contributed by atoms with Crippen molar-refractivity contribution in [3.8, 4) is 0 Å². The summed E-state index contributed by atoms with van der Waals surface area (Å²) in [5.41, 5.74) is 10.7. The number of hydrogen-bond acceptors (Lipinski definition) is 4. The Balaban J connectivity index is 1.92. The number of rotatable bonds is 4. The predicted molar refractivity (Wildman–Crippen MR) is 78.7 cm³/mol. The van der Waals surface area contributed by atoms with Gasteiger partial charge in [0, 0.05) is 18.8 Å². The molecule has 0 aromatic carbocycles. The molecule has 0 spiro atoms. The minimum Gasteiger partial charge on any atom is -0.394 e. The van der Waals surface area contributed by atoms with Gasteiger partial charge in [-0.25, -0.2) is 4.52 Å². The molecule has 5 heteroatoms. The topological polar surface area (TPSA) is 58.6 Å². The summed E-state index contributed by atoms with van der Waals surface area (Å²) in [7, 11) is 4.11. The lowest BCUT2D eigenvalue weighted by Crippen LogP contribution is -2.21. The Hall–Kier alpha value is -1.75. The fourth-order valence-electron chi connectivity index (χ4n) is 2.69. The van der Waals surface area contributed by atoms with Gasteiger partial charge in [0.05, 0.1) is 5.52 Å². The van der Waals surface area contributed by atoms with Gasteiger partial charge in [-0.3, -0.25) is 0 Å². The van der Waals surface area contributed by atoms with Crippen molar-refractivity contribution in [3.05, 3.63) is 23.4 Å². The van der Waals surface area contributed by atoms with Crippen molar-refractivity contribution in [1.82, 2.24) is 14.5 Å². The SMILES string of the molecule is CN(C)CCNc1nn2c3c(ccc2c1N)CCC3. The van der Waals surface area contributed by atoms with Crippen molar-refractivity contribution in [2.45, 2.75) is 19.3 Å². The number of anilines is 2. The molecule has 19 heavy (non-hydrogen) atoms. The molecule has 2 aromatic rings. The molecule has 2 aromatic heterocycles. The number of pyridine rings is 1. The van der Waals surface area contributed by atoms with Crippen LogP contribution in [0.2, 0.25) is 0 Å². The number of nitrogens with one attached hydrogen (secondary N) is 1. The second kappa shape index (κ2) is 4.74. The largest absolute Gasteiger partial charge is 0.394 e. The van der Waals surface area contributed by atoms with E-state index >= 15 is 0 Å². The van der Waals surface area contributed by atoms with E-state index < -0.39 is 0 Å². The van der Waals surface area contributed by atoms with E-state index in [0.29, 0.717) is 0 Å². The van der Waals surface area contributed by atoms with Crippen LogP contribution in [0.5, 0.6) is 0 Å². The molecular formula is C14H21N5. The summed E-state index contributed by atoms with van der Waals surface area (Å²) in [6, 6.07) is 4.28. The number of aromatic nitrogens is 2. The van der Waals surface area contributed by atoms with Crippen LogP contribution >= 0.6 is 0 Å². The molecule has 3 rings (SSSR count). The highest BCUT2D eigenvalue weighted by molar-refractivity contribution is 5.81. The lowest BCUT2D eigenvalue weighted by Gasteiger charge is -2.09. The van der Waals surface area contributed by atoms with Crippen LogP contribution in [0.1, 0.15) is 17.7 Å². The van der Waals surface area contributed by atoms with Crippen LogP contribution < -0.4 is 11.1 Å². The van der Waals surface area contributed by atoms with Gasteiger partial charge in [-0.2, -0.15) is 0 Å². The molecule has 0 amide bonds. The van der Waals surface area contributed by atoms with Crippen molar-refractivity contribution in [2.75, 3.05) is 38.2 Å². The van der Waals surface area contributed by atoms with Gasteiger partial charge in [-0.15, -0.1) is 5.10 Å². The third-order valence-electron chi connectivity index (χ3n) is 3.74. The third kappa shape index (κ3) is 2.14. The maximum Gasteiger partial charge on any atom is 0.172 e. The van der Waals surface area contributed by atoms with E-state index in [1.807, 2.05) is 4.52 Å². The van der Waals surface area contributed by atoms with E-state index in [-0.39, 0.29) is 0 Å². The van der Waals surface area contributed by atoms with Crippen LogP contribution in [0, 0.1) is 0 Å². The lowest BCUT2D eigenvalue weighted by molar-refractivity contribution is 0.425. The van der Waals surface area contributed by atoms with E-state index in [1.165, 1.54) is 17.7 Å². The lowest BCUT2D eigenvalue weighted by atomic mass is 10.2. The van der Waals surface area contributed by atoms with Gasteiger partial charge >= 0.3 is 0 Å². The number of nitrogens with zero attached hydrogens (tertiary/aromatic N) is 3. The van der Waals surface area contributed by atoms with Crippen LogP contribution in [0.4, 0.5) is 11.5 Å². The van der Waals surface area contributed by atoms with Crippen LogP contribution in [0.25, 0.3) is 5.52 Å². The van der Waals surface area contributed by atoms with Gasteiger partial charge in [0.2, 0.25) is 0 Å². The molecule has 0 saturated carbocycles.